The summed E-state index contributed by atoms with van der Waals surface area (Å²) in [5.74, 6) is 0. The first-order valence-electron chi connectivity index (χ1n) is 19.8. The zero-order chi connectivity index (χ0) is 37.8. The molecule has 2 heterocycles. The summed E-state index contributed by atoms with van der Waals surface area (Å²) in [5, 5.41) is 9.07. The van der Waals surface area contributed by atoms with Crippen LogP contribution in [0, 0.1) is 0 Å². The van der Waals surface area contributed by atoms with E-state index in [2.05, 4.69) is 206 Å². The first kappa shape index (κ1) is 32.5. The molecule has 11 aromatic rings. The average Bonchev–Trinajstić information content (AvgIpc) is 3.89. The number of para-hydroxylation sites is 1. The first-order valence-corrected chi connectivity index (χ1v) is 20.7. The summed E-state index contributed by atoms with van der Waals surface area (Å²) in [6, 6.07) is 69.9. The molecule has 0 radical (unpaired) electrons. The van der Waals surface area contributed by atoms with Gasteiger partial charge in [-0.05, 0) is 102 Å². The van der Waals surface area contributed by atoms with Crippen LogP contribution in [0.25, 0.3) is 103 Å². The van der Waals surface area contributed by atoms with Gasteiger partial charge >= 0.3 is 0 Å². The molecular weight excluding hydrogens is 707 g/mol. The van der Waals surface area contributed by atoms with Crippen LogP contribution in [0.1, 0.15) is 25.1 Å². The molecule has 12 rings (SSSR count). The number of hydrogen-bond donors (Lipinski definition) is 0. The van der Waals surface area contributed by atoms with E-state index in [9.17, 15) is 0 Å². The number of rotatable bonds is 4. The zero-order valence-electron chi connectivity index (χ0n) is 31.8. The number of fused-ring (bicyclic) bond motifs is 10. The Kier molecular flexibility index (Phi) is 6.91. The van der Waals surface area contributed by atoms with Crippen LogP contribution >= 0.6 is 11.3 Å². The molecule has 1 aliphatic rings. The predicted octanol–water partition coefficient (Wildman–Crippen LogP) is 15.6. The Morgan fingerprint density at radius 3 is 1.65 bits per heavy atom. The topological polar surface area (TPSA) is 4.93 Å². The van der Waals surface area contributed by atoms with Gasteiger partial charge in [0.25, 0.3) is 0 Å². The van der Waals surface area contributed by atoms with Gasteiger partial charge in [-0.25, -0.2) is 0 Å². The van der Waals surface area contributed by atoms with E-state index in [1.165, 1.54) is 114 Å². The molecule has 0 unspecified atom stereocenters. The van der Waals surface area contributed by atoms with Gasteiger partial charge in [-0.2, -0.15) is 0 Å². The van der Waals surface area contributed by atoms with Crippen molar-refractivity contribution in [2.75, 3.05) is 0 Å². The van der Waals surface area contributed by atoms with Crippen LogP contribution < -0.4 is 0 Å². The van der Waals surface area contributed by atoms with Crippen molar-refractivity contribution in [2.45, 2.75) is 19.3 Å². The van der Waals surface area contributed by atoms with E-state index >= 15 is 0 Å². The molecule has 0 fully saturated rings. The fraction of sp³-hybridized carbons (Fsp3) is 0.0545. The summed E-state index contributed by atoms with van der Waals surface area (Å²) in [6.07, 6.45) is 0. The molecule has 0 saturated heterocycles. The highest BCUT2D eigenvalue weighted by Gasteiger charge is 2.40. The number of benzene rings is 9. The van der Waals surface area contributed by atoms with E-state index in [1.54, 1.807) is 0 Å². The van der Waals surface area contributed by atoms with E-state index in [-0.39, 0.29) is 5.41 Å². The van der Waals surface area contributed by atoms with Crippen LogP contribution in [0.15, 0.2) is 188 Å². The van der Waals surface area contributed by atoms with Gasteiger partial charge in [0, 0.05) is 47.9 Å². The van der Waals surface area contributed by atoms with Gasteiger partial charge in [-0.1, -0.05) is 166 Å². The monoisotopic (exact) mass is 743 g/mol. The van der Waals surface area contributed by atoms with Crippen molar-refractivity contribution < 1.29 is 0 Å². The molecular formula is C55H37NS. The van der Waals surface area contributed by atoms with Crippen LogP contribution in [-0.2, 0) is 5.41 Å². The molecule has 0 aliphatic heterocycles. The van der Waals surface area contributed by atoms with E-state index in [0.29, 0.717) is 0 Å². The molecule has 57 heavy (non-hydrogen) atoms. The van der Waals surface area contributed by atoms with Gasteiger partial charge in [0.2, 0.25) is 0 Å². The minimum atomic E-state index is -0.130. The lowest BCUT2D eigenvalue weighted by atomic mass is 9.85. The zero-order valence-corrected chi connectivity index (χ0v) is 32.6. The van der Waals surface area contributed by atoms with Gasteiger partial charge in [-0.3, -0.25) is 0 Å². The van der Waals surface area contributed by atoms with Crippen LogP contribution in [-0.4, -0.2) is 4.57 Å². The van der Waals surface area contributed by atoms with Gasteiger partial charge in [-0.15, -0.1) is 11.3 Å². The van der Waals surface area contributed by atoms with Crippen molar-refractivity contribution in [3.8, 4) is 50.2 Å². The van der Waals surface area contributed by atoms with Crippen LogP contribution in [0.4, 0.5) is 0 Å². The number of thiophene rings is 1. The van der Waals surface area contributed by atoms with Crippen molar-refractivity contribution >= 4 is 64.0 Å². The summed E-state index contributed by atoms with van der Waals surface area (Å²) in [4.78, 5) is 0. The Labute approximate surface area is 335 Å². The summed E-state index contributed by atoms with van der Waals surface area (Å²) in [6.45, 7) is 4.75. The van der Waals surface area contributed by atoms with Crippen molar-refractivity contribution in [2.24, 2.45) is 0 Å². The summed E-state index contributed by atoms with van der Waals surface area (Å²) in [7, 11) is 0. The standard InChI is InChI=1S/C55H37NS/c1-55(2)47-22-12-10-21-45(47)53-46-32-36(29-31-48(46)56(54(53)55)38-14-4-3-5-15-38)34-24-26-35(27-25-34)51-41-17-6-8-19-43(41)52(44-20-9-7-18-42(44)51)37-28-30-40-39-16-11-13-23-49(39)57-50(40)33-37/h3-33H,1-2H3. The Morgan fingerprint density at radius 1 is 0.386 bits per heavy atom. The summed E-state index contributed by atoms with van der Waals surface area (Å²) >= 11 is 1.88. The molecule has 9 aromatic carbocycles. The fourth-order valence-electron chi connectivity index (χ4n) is 10.0. The summed E-state index contributed by atoms with van der Waals surface area (Å²) in [5.41, 5.74) is 15.3. The Hall–Kier alpha value is -6.74. The average molecular weight is 744 g/mol. The minimum absolute atomic E-state index is 0.130. The maximum absolute atomic E-state index is 2.50. The van der Waals surface area contributed by atoms with Gasteiger partial charge in [0.1, 0.15) is 0 Å². The Morgan fingerprint density at radius 2 is 0.930 bits per heavy atom. The molecule has 0 amide bonds. The second-order valence-corrected chi connectivity index (χ2v) is 17.1. The fourth-order valence-corrected chi connectivity index (χ4v) is 11.2. The minimum Gasteiger partial charge on any atom is -0.312 e. The van der Waals surface area contributed by atoms with Gasteiger partial charge < -0.3 is 4.57 Å². The normalized spacial score (nSPS) is 13.2. The lowest BCUT2D eigenvalue weighted by molar-refractivity contribution is 0.624. The molecule has 0 saturated carbocycles. The molecule has 0 spiro atoms. The third-order valence-corrected chi connectivity index (χ3v) is 13.7. The van der Waals surface area contributed by atoms with Gasteiger partial charge in [0.05, 0.1) is 5.52 Å². The van der Waals surface area contributed by atoms with E-state index in [4.69, 9.17) is 0 Å². The van der Waals surface area contributed by atoms with Crippen LogP contribution in [0.2, 0.25) is 0 Å². The maximum atomic E-state index is 2.50. The third-order valence-electron chi connectivity index (χ3n) is 12.5. The molecule has 268 valence electrons. The molecule has 0 atom stereocenters. The van der Waals surface area contributed by atoms with Crippen molar-refractivity contribution in [3.63, 3.8) is 0 Å². The van der Waals surface area contributed by atoms with Crippen LogP contribution in [0.5, 0.6) is 0 Å². The first-order chi connectivity index (χ1) is 28.0. The largest absolute Gasteiger partial charge is 0.312 e. The predicted molar refractivity (Wildman–Crippen MR) is 245 cm³/mol. The highest BCUT2D eigenvalue weighted by molar-refractivity contribution is 7.25. The maximum Gasteiger partial charge on any atom is 0.0538 e. The second-order valence-electron chi connectivity index (χ2n) is 16.0. The van der Waals surface area contributed by atoms with E-state index < -0.39 is 0 Å². The van der Waals surface area contributed by atoms with Crippen molar-refractivity contribution in [1.29, 1.82) is 0 Å². The van der Waals surface area contributed by atoms with Gasteiger partial charge in [0.15, 0.2) is 0 Å². The lowest BCUT2D eigenvalue weighted by Gasteiger charge is -2.24. The number of aromatic nitrogens is 1. The van der Waals surface area contributed by atoms with Crippen molar-refractivity contribution in [3.05, 3.63) is 199 Å². The van der Waals surface area contributed by atoms with E-state index in [1.807, 2.05) is 11.3 Å². The van der Waals surface area contributed by atoms with Crippen LogP contribution in [0.3, 0.4) is 0 Å². The molecule has 0 bridgehead atoms. The summed E-state index contributed by atoms with van der Waals surface area (Å²) < 4.78 is 5.16. The highest BCUT2D eigenvalue weighted by atomic mass is 32.1. The highest BCUT2D eigenvalue weighted by Crippen LogP contribution is 2.54. The molecule has 2 aromatic heterocycles. The molecule has 0 N–H and O–H groups in total. The quantitative estimate of drug-likeness (QED) is 0.158. The Balaban J connectivity index is 1.01. The second kappa shape index (κ2) is 12.1. The number of nitrogens with zero attached hydrogens (tertiary/aromatic N) is 1. The van der Waals surface area contributed by atoms with E-state index in [0.717, 1.165) is 0 Å². The molecule has 1 aliphatic carbocycles. The Bertz CT molecular complexity index is 3360. The molecule has 1 nitrogen and oxygen atoms in total. The SMILES string of the molecule is CC1(C)c2ccccc2-c2c1n(-c1ccccc1)c1ccc(-c3ccc(-c4c5ccccc5c(-c5ccc6c(c5)sc5ccccc56)c5ccccc45)cc3)cc21. The smallest absolute Gasteiger partial charge is 0.0538 e. The number of hydrogen-bond acceptors (Lipinski definition) is 1. The third kappa shape index (κ3) is 4.68. The van der Waals surface area contributed by atoms with Crippen molar-refractivity contribution in [1.82, 2.24) is 4.57 Å². The lowest BCUT2D eigenvalue weighted by Crippen LogP contribution is -2.19. The molecule has 2 heteroatoms.